The number of hydrogen-bond donors (Lipinski definition) is 1. The topological polar surface area (TPSA) is 76.1 Å². The molecular weight excluding hydrogens is 310 g/mol. The first-order valence-corrected chi connectivity index (χ1v) is 8.01. The highest BCUT2D eigenvalue weighted by molar-refractivity contribution is 5.91. The Kier molecular flexibility index (Phi) is 3.22. The summed E-state index contributed by atoms with van der Waals surface area (Å²) in [5.41, 5.74) is 0.192. The van der Waals surface area contributed by atoms with Gasteiger partial charge in [-0.1, -0.05) is 24.3 Å². The van der Waals surface area contributed by atoms with E-state index >= 15 is 0 Å². The predicted octanol–water partition coefficient (Wildman–Crippen LogP) is 1.62. The molecule has 1 aromatic carbocycles. The summed E-state index contributed by atoms with van der Waals surface area (Å²) in [7, 11) is 1.61. The molecule has 0 aromatic heterocycles. The third-order valence-corrected chi connectivity index (χ3v) is 5.48. The van der Waals surface area contributed by atoms with Crippen LogP contribution in [0.4, 0.5) is 0 Å². The Labute approximate surface area is 139 Å². The third kappa shape index (κ3) is 1.92. The highest BCUT2D eigenvalue weighted by atomic mass is 16.5. The summed E-state index contributed by atoms with van der Waals surface area (Å²) in [5.74, 6) is -1.78. The lowest BCUT2D eigenvalue weighted by Gasteiger charge is -2.27. The summed E-state index contributed by atoms with van der Waals surface area (Å²) in [4.78, 5) is 26.3. The molecule has 0 unspecified atom stereocenters. The van der Waals surface area contributed by atoms with Crippen molar-refractivity contribution in [2.45, 2.75) is 24.7 Å². The normalized spacial score (nSPS) is 34.5. The number of methoxy groups -OCH3 is 1. The van der Waals surface area contributed by atoms with Crippen molar-refractivity contribution in [3.05, 3.63) is 42.0 Å². The van der Waals surface area contributed by atoms with Crippen LogP contribution in [0.5, 0.6) is 5.75 Å². The molecule has 1 aromatic rings. The number of carbonyl (C=O) groups is 2. The Hall–Kier alpha value is -2.34. The summed E-state index contributed by atoms with van der Waals surface area (Å²) in [5, 5.41) is 9.50. The van der Waals surface area contributed by atoms with Gasteiger partial charge in [0.05, 0.1) is 31.7 Å². The molecule has 5 atom stereocenters. The molecule has 3 aliphatic rings. The third-order valence-electron chi connectivity index (χ3n) is 5.48. The van der Waals surface area contributed by atoms with Crippen molar-refractivity contribution in [1.82, 2.24) is 4.90 Å². The van der Waals surface area contributed by atoms with Crippen LogP contribution < -0.4 is 4.74 Å². The summed E-state index contributed by atoms with van der Waals surface area (Å²) in [6.45, 7) is 2.34. The molecule has 0 aliphatic carbocycles. The monoisotopic (exact) mass is 329 g/mol. The number of carbonyl (C=O) groups excluding carboxylic acids is 1. The Morgan fingerprint density at radius 3 is 2.75 bits per heavy atom. The number of carboxylic acids is 1. The lowest BCUT2D eigenvalue weighted by atomic mass is 9.77. The minimum atomic E-state index is -0.969. The van der Waals surface area contributed by atoms with Crippen molar-refractivity contribution in [3.8, 4) is 5.75 Å². The number of carboxylic acid groups (broad SMARTS) is 1. The highest BCUT2D eigenvalue weighted by Crippen LogP contribution is 2.53. The molecule has 0 radical (unpaired) electrons. The number of nitrogens with zero attached hydrogens (tertiary/aromatic N) is 1. The fraction of sp³-hybridized carbons (Fsp3) is 0.444. The standard InChI is InChI=1S/C18H19NO5/c1-10(11-3-5-12(23-2)6-4-11)19-9-18-8-7-13(24-18)14(17(21)22)15(18)16(19)20/h3-8,10,13-15H,9H2,1-2H3,(H,21,22)/t10-,13+,14+,15-,18+/m0/s1. The molecule has 0 saturated carbocycles. The largest absolute Gasteiger partial charge is 0.497 e. The van der Waals surface area contributed by atoms with Crippen molar-refractivity contribution < 1.29 is 24.2 Å². The quantitative estimate of drug-likeness (QED) is 0.850. The van der Waals surface area contributed by atoms with E-state index in [4.69, 9.17) is 9.47 Å². The van der Waals surface area contributed by atoms with Crippen molar-refractivity contribution in [2.75, 3.05) is 13.7 Å². The van der Waals surface area contributed by atoms with Crippen molar-refractivity contribution >= 4 is 11.9 Å². The molecule has 2 saturated heterocycles. The number of fused-ring (bicyclic) bond motifs is 1. The maximum absolute atomic E-state index is 12.9. The number of benzene rings is 1. The fourth-order valence-electron chi connectivity index (χ4n) is 4.20. The van der Waals surface area contributed by atoms with Crippen LogP contribution in [-0.4, -0.2) is 47.2 Å². The molecule has 6 heteroatoms. The molecule has 2 bridgehead atoms. The van der Waals surface area contributed by atoms with Gasteiger partial charge < -0.3 is 19.5 Å². The van der Waals surface area contributed by atoms with E-state index in [1.54, 1.807) is 18.1 Å². The fourth-order valence-corrected chi connectivity index (χ4v) is 4.20. The summed E-state index contributed by atoms with van der Waals surface area (Å²) >= 11 is 0. The van der Waals surface area contributed by atoms with Gasteiger partial charge in [-0.05, 0) is 24.6 Å². The van der Waals surface area contributed by atoms with Crippen LogP contribution in [0.25, 0.3) is 0 Å². The zero-order valence-corrected chi connectivity index (χ0v) is 13.5. The molecule has 126 valence electrons. The van der Waals surface area contributed by atoms with Crippen LogP contribution in [0.1, 0.15) is 18.5 Å². The zero-order chi connectivity index (χ0) is 17.1. The molecule has 1 amide bonds. The first-order valence-electron chi connectivity index (χ1n) is 8.01. The average Bonchev–Trinajstić information content (AvgIpc) is 3.22. The van der Waals surface area contributed by atoms with E-state index in [2.05, 4.69) is 0 Å². The van der Waals surface area contributed by atoms with Gasteiger partial charge in [0.1, 0.15) is 17.3 Å². The number of rotatable bonds is 4. The molecule has 2 fully saturated rings. The van der Waals surface area contributed by atoms with Gasteiger partial charge in [0.25, 0.3) is 0 Å². The van der Waals surface area contributed by atoms with Crippen molar-refractivity contribution in [3.63, 3.8) is 0 Å². The number of likely N-dealkylation sites (tertiary alicyclic amines) is 1. The second kappa shape index (κ2) is 5.08. The van der Waals surface area contributed by atoms with Crippen molar-refractivity contribution in [2.24, 2.45) is 11.8 Å². The second-order valence-corrected chi connectivity index (χ2v) is 6.65. The zero-order valence-electron chi connectivity index (χ0n) is 13.5. The van der Waals surface area contributed by atoms with Crippen LogP contribution in [-0.2, 0) is 14.3 Å². The molecule has 1 spiro atoms. The Balaban J connectivity index is 1.63. The summed E-state index contributed by atoms with van der Waals surface area (Å²) < 4.78 is 11.1. The highest BCUT2D eigenvalue weighted by Gasteiger charge is 2.67. The van der Waals surface area contributed by atoms with E-state index in [9.17, 15) is 14.7 Å². The van der Waals surface area contributed by atoms with E-state index in [1.165, 1.54) is 0 Å². The van der Waals surface area contributed by atoms with E-state index < -0.39 is 29.5 Å². The van der Waals surface area contributed by atoms with Crippen LogP contribution in [0.2, 0.25) is 0 Å². The summed E-state index contributed by atoms with van der Waals surface area (Å²) in [6, 6.07) is 7.39. The minimum Gasteiger partial charge on any atom is -0.497 e. The Morgan fingerprint density at radius 2 is 2.12 bits per heavy atom. The van der Waals surface area contributed by atoms with Gasteiger partial charge in [-0.2, -0.15) is 0 Å². The van der Waals surface area contributed by atoms with Crippen molar-refractivity contribution in [1.29, 1.82) is 0 Å². The minimum absolute atomic E-state index is 0.141. The molecule has 6 nitrogen and oxygen atoms in total. The second-order valence-electron chi connectivity index (χ2n) is 6.65. The molecule has 4 rings (SSSR count). The predicted molar refractivity (Wildman–Crippen MR) is 84.5 cm³/mol. The first kappa shape index (κ1) is 15.2. The maximum atomic E-state index is 12.9. The van der Waals surface area contributed by atoms with Gasteiger partial charge in [-0.15, -0.1) is 0 Å². The van der Waals surface area contributed by atoms with Gasteiger partial charge >= 0.3 is 5.97 Å². The lowest BCUT2D eigenvalue weighted by molar-refractivity contribution is -0.148. The van der Waals surface area contributed by atoms with Crippen LogP contribution in [0, 0.1) is 11.8 Å². The van der Waals surface area contributed by atoms with Gasteiger partial charge in [0.15, 0.2) is 0 Å². The molecule has 24 heavy (non-hydrogen) atoms. The maximum Gasteiger partial charge on any atom is 0.310 e. The smallest absolute Gasteiger partial charge is 0.310 e. The Bertz CT molecular complexity index is 727. The van der Waals surface area contributed by atoms with E-state index in [-0.39, 0.29) is 11.9 Å². The molecule has 3 heterocycles. The van der Waals surface area contributed by atoms with Gasteiger partial charge in [-0.3, -0.25) is 9.59 Å². The molecule has 1 N–H and O–H groups in total. The van der Waals surface area contributed by atoms with Gasteiger partial charge in [0.2, 0.25) is 5.91 Å². The number of amides is 1. The van der Waals surface area contributed by atoms with Gasteiger partial charge in [-0.25, -0.2) is 0 Å². The van der Waals surface area contributed by atoms with Gasteiger partial charge in [0, 0.05) is 0 Å². The SMILES string of the molecule is COc1ccc([C@H](C)N2C[C@@]34C=C[C@@H](O3)[C@@H](C(=O)O)[C@H]4C2=O)cc1. The average molecular weight is 329 g/mol. The van der Waals surface area contributed by atoms with E-state index in [1.807, 2.05) is 37.3 Å². The van der Waals surface area contributed by atoms with Crippen LogP contribution in [0.3, 0.4) is 0 Å². The van der Waals surface area contributed by atoms with E-state index in [0.29, 0.717) is 6.54 Å². The molecule has 3 aliphatic heterocycles. The number of hydrogen-bond acceptors (Lipinski definition) is 4. The van der Waals surface area contributed by atoms with E-state index in [0.717, 1.165) is 11.3 Å². The number of ether oxygens (including phenoxy) is 2. The van der Waals surface area contributed by atoms with Crippen LogP contribution >= 0.6 is 0 Å². The van der Waals surface area contributed by atoms with Crippen LogP contribution in [0.15, 0.2) is 36.4 Å². The summed E-state index contributed by atoms with van der Waals surface area (Å²) in [6.07, 6.45) is 3.17. The molecular formula is C18H19NO5. The Morgan fingerprint density at radius 1 is 1.42 bits per heavy atom. The lowest BCUT2D eigenvalue weighted by Crippen LogP contribution is -2.39. The number of aliphatic carboxylic acids is 1. The first-order chi connectivity index (χ1) is 11.5.